The average molecular weight is 524 g/mol. The number of pyridine rings is 1. The molecule has 0 saturated heterocycles. The van der Waals surface area contributed by atoms with Crippen LogP contribution in [-0.4, -0.2) is 46.5 Å². The Kier molecular flexibility index (Phi) is 7.38. The molecule has 0 N–H and O–H groups in total. The van der Waals surface area contributed by atoms with Gasteiger partial charge in [0.05, 0.1) is 11.5 Å². The summed E-state index contributed by atoms with van der Waals surface area (Å²) < 4.78 is 17.8. The maximum atomic E-state index is 14.3. The van der Waals surface area contributed by atoms with E-state index in [-0.39, 0.29) is 29.1 Å². The van der Waals surface area contributed by atoms with Crippen LogP contribution in [0, 0.1) is 29.1 Å². The SMILES string of the molecule is C=C1CC[C@H]2[C@@H](/C=C(/C)C(=O)[C@@]3(OC(C)=O)C[C@H](C)[C@H](OC(=O)c4cccnc4)[C@@H]3[C@@H]1OC(C)=O)C2(C)C. The summed E-state index contributed by atoms with van der Waals surface area (Å²) in [6, 6.07) is 3.21. The van der Waals surface area contributed by atoms with Gasteiger partial charge in [-0.15, -0.1) is 0 Å². The first-order chi connectivity index (χ1) is 17.8. The van der Waals surface area contributed by atoms with E-state index in [1.807, 2.05) is 13.0 Å². The molecule has 3 aliphatic rings. The molecule has 2 fully saturated rings. The van der Waals surface area contributed by atoms with Gasteiger partial charge in [-0.1, -0.05) is 33.4 Å². The average Bonchev–Trinajstić information content (AvgIpc) is 3.24. The second-order valence-electron chi connectivity index (χ2n) is 11.7. The molecule has 1 heterocycles. The summed E-state index contributed by atoms with van der Waals surface area (Å²) in [7, 11) is 0. The first kappa shape index (κ1) is 27.7. The lowest BCUT2D eigenvalue weighted by Gasteiger charge is -2.39. The van der Waals surface area contributed by atoms with E-state index in [9.17, 15) is 19.2 Å². The Hall–Kier alpha value is -3.29. The van der Waals surface area contributed by atoms with Gasteiger partial charge in [-0.2, -0.15) is 0 Å². The maximum Gasteiger partial charge on any atom is 0.339 e. The van der Waals surface area contributed by atoms with Gasteiger partial charge in [-0.3, -0.25) is 19.4 Å². The normalized spacial score (nSPS) is 35.5. The molecular weight excluding hydrogens is 486 g/mol. The molecule has 0 unspecified atom stereocenters. The fourth-order valence-corrected chi connectivity index (χ4v) is 6.71. The summed E-state index contributed by atoms with van der Waals surface area (Å²) >= 11 is 0. The second-order valence-corrected chi connectivity index (χ2v) is 11.7. The van der Waals surface area contributed by atoms with E-state index in [1.165, 1.54) is 20.0 Å². The standard InChI is InChI=1S/C30H37NO7/c1-16-10-11-22-23(29(22,6)7)13-17(2)27(34)30(38-20(5)33)14-18(3)26(24(30)25(16)36-19(4)32)37-28(35)21-9-8-12-31-15-21/h8-9,12-13,15,18,22-26H,1,10-11,14H2,2-7H3/b17-13-/t18-,22-,23+,24-,25+,26-,30+/m0/s1. The van der Waals surface area contributed by atoms with Crippen LogP contribution in [0.1, 0.15) is 71.2 Å². The third-order valence-electron chi connectivity index (χ3n) is 8.65. The Morgan fingerprint density at radius 1 is 1.13 bits per heavy atom. The largest absolute Gasteiger partial charge is 0.458 e. The van der Waals surface area contributed by atoms with Crippen molar-refractivity contribution in [3.05, 3.63) is 53.9 Å². The topological polar surface area (TPSA) is 109 Å². The van der Waals surface area contributed by atoms with Crippen LogP contribution in [0.2, 0.25) is 0 Å². The highest BCUT2D eigenvalue weighted by Gasteiger charge is 2.65. The van der Waals surface area contributed by atoms with Gasteiger partial charge in [-0.05, 0) is 66.2 Å². The van der Waals surface area contributed by atoms with Gasteiger partial charge >= 0.3 is 17.9 Å². The number of allylic oxidation sites excluding steroid dienone is 1. The van der Waals surface area contributed by atoms with Crippen molar-refractivity contribution in [2.75, 3.05) is 0 Å². The van der Waals surface area contributed by atoms with E-state index in [4.69, 9.17) is 14.2 Å². The first-order valence-electron chi connectivity index (χ1n) is 13.2. The van der Waals surface area contributed by atoms with Crippen LogP contribution in [0.15, 0.2) is 48.3 Å². The summed E-state index contributed by atoms with van der Waals surface area (Å²) in [6.45, 7) is 14.7. The summed E-state index contributed by atoms with van der Waals surface area (Å²) in [4.78, 5) is 56.3. The number of Topliss-reactive ketones (excluding diaryl/α,β-unsaturated/α-hetero) is 1. The molecule has 0 bridgehead atoms. The van der Waals surface area contributed by atoms with Crippen molar-refractivity contribution < 1.29 is 33.4 Å². The van der Waals surface area contributed by atoms with Gasteiger partial charge in [0.2, 0.25) is 5.78 Å². The van der Waals surface area contributed by atoms with Gasteiger partial charge < -0.3 is 14.2 Å². The highest BCUT2D eigenvalue weighted by atomic mass is 16.6. The second kappa shape index (κ2) is 10.1. The lowest BCUT2D eigenvalue weighted by Crippen LogP contribution is -2.55. The lowest BCUT2D eigenvalue weighted by molar-refractivity contribution is -0.179. The quantitative estimate of drug-likeness (QED) is 0.319. The summed E-state index contributed by atoms with van der Waals surface area (Å²) in [6.07, 6.45) is 4.49. The number of esters is 3. The molecule has 1 aromatic rings. The third kappa shape index (κ3) is 4.93. The number of rotatable bonds is 4. The number of hydrogen-bond acceptors (Lipinski definition) is 8. The Labute approximate surface area is 223 Å². The van der Waals surface area contributed by atoms with Crippen LogP contribution in [0.25, 0.3) is 0 Å². The van der Waals surface area contributed by atoms with Crippen molar-refractivity contribution in [2.24, 2.45) is 29.1 Å². The van der Waals surface area contributed by atoms with E-state index in [1.54, 1.807) is 25.3 Å². The summed E-state index contributed by atoms with van der Waals surface area (Å²) in [5, 5.41) is 0. The van der Waals surface area contributed by atoms with Crippen LogP contribution in [0.3, 0.4) is 0 Å². The van der Waals surface area contributed by atoms with Crippen LogP contribution in [0.4, 0.5) is 0 Å². The Bertz CT molecular complexity index is 1190. The minimum atomic E-state index is -1.70. The van der Waals surface area contributed by atoms with E-state index in [0.29, 0.717) is 23.5 Å². The Balaban J connectivity index is 1.87. The number of nitrogens with zero attached hydrogens (tertiary/aromatic N) is 1. The van der Waals surface area contributed by atoms with Gasteiger partial charge in [0.25, 0.3) is 0 Å². The zero-order valence-electron chi connectivity index (χ0n) is 23.0. The molecule has 38 heavy (non-hydrogen) atoms. The number of carbonyl (C=O) groups excluding carboxylic acids is 4. The molecule has 204 valence electrons. The predicted octanol–water partition coefficient (Wildman–Crippen LogP) is 4.63. The molecule has 0 amide bonds. The van der Waals surface area contributed by atoms with E-state index in [2.05, 4.69) is 25.4 Å². The number of hydrogen-bond donors (Lipinski definition) is 0. The van der Waals surface area contributed by atoms with Crippen LogP contribution in [0.5, 0.6) is 0 Å². The number of ketones is 1. The molecule has 4 rings (SSSR count). The van der Waals surface area contributed by atoms with Crippen molar-refractivity contribution in [3.63, 3.8) is 0 Å². The molecule has 0 radical (unpaired) electrons. The molecule has 3 aliphatic carbocycles. The number of aromatic nitrogens is 1. The molecule has 2 saturated carbocycles. The number of ether oxygens (including phenoxy) is 3. The molecule has 1 aromatic heterocycles. The van der Waals surface area contributed by atoms with Crippen LogP contribution < -0.4 is 0 Å². The van der Waals surface area contributed by atoms with Gasteiger partial charge in [0, 0.05) is 32.7 Å². The van der Waals surface area contributed by atoms with E-state index in [0.717, 1.165) is 6.42 Å². The zero-order chi connectivity index (χ0) is 28.0. The Morgan fingerprint density at radius 3 is 2.45 bits per heavy atom. The monoisotopic (exact) mass is 523 g/mol. The number of carbonyl (C=O) groups is 4. The van der Waals surface area contributed by atoms with Crippen LogP contribution in [-0.2, 0) is 28.6 Å². The molecule has 0 aromatic carbocycles. The van der Waals surface area contributed by atoms with Gasteiger partial charge in [0.15, 0.2) is 5.60 Å². The predicted molar refractivity (Wildman–Crippen MR) is 139 cm³/mol. The molecule has 8 nitrogen and oxygen atoms in total. The van der Waals surface area contributed by atoms with Crippen molar-refractivity contribution in [2.45, 2.75) is 78.6 Å². The minimum absolute atomic E-state index is 0.0106. The minimum Gasteiger partial charge on any atom is -0.458 e. The van der Waals surface area contributed by atoms with Crippen LogP contribution >= 0.6 is 0 Å². The molecule has 0 aliphatic heterocycles. The summed E-state index contributed by atoms with van der Waals surface area (Å²) in [5.74, 6) is -3.04. The van der Waals surface area contributed by atoms with Crippen molar-refractivity contribution >= 4 is 23.7 Å². The van der Waals surface area contributed by atoms with E-state index < -0.39 is 47.6 Å². The molecular formula is C30H37NO7. The van der Waals surface area contributed by atoms with Crippen molar-refractivity contribution in [1.82, 2.24) is 4.98 Å². The van der Waals surface area contributed by atoms with Gasteiger partial charge in [-0.25, -0.2) is 4.79 Å². The highest BCUT2D eigenvalue weighted by molar-refractivity contribution is 6.03. The van der Waals surface area contributed by atoms with E-state index >= 15 is 0 Å². The van der Waals surface area contributed by atoms with Crippen molar-refractivity contribution in [3.8, 4) is 0 Å². The zero-order valence-corrected chi connectivity index (χ0v) is 23.0. The third-order valence-corrected chi connectivity index (χ3v) is 8.65. The molecule has 8 heteroatoms. The molecule has 7 atom stereocenters. The highest BCUT2D eigenvalue weighted by Crippen LogP contribution is 2.62. The Morgan fingerprint density at radius 2 is 1.84 bits per heavy atom. The fourth-order valence-electron chi connectivity index (χ4n) is 6.71. The van der Waals surface area contributed by atoms with Gasteiger partial charge in [0.1, 0.15) is 12.2 Å². The smallest absolute Gasteiger partial charge is 0.339 e. The summed E-state index contributed by atoms with van der Waals surface area (Å²) in [5.41, 5.74) is -0.358. The first-order valence-corrected chi connectivity index (χ1v) is 13.2. The van der Waals surface area contributed by atoms with Crippen molar-refractivity contribution in [1.29, 1.82) is 0 Å². The number of fused-ring (bicyclic) bond motifs is 2. The fraction of sp³-hybridized carbons (Fsp3) is 0.567. The molecule has 0 spiro atoms. The maximum absolute atomic E-state index is 14.3. The lowest BCUT2D eigenvalue weighted by atomic mass is 9.76.